The van der Waals surface area contributed by atoms with Crippen molar-refractivity contribution in [2.75, 3.05) is 0 Å². The number of benzene rings is 5. The summed E-state index contributed by atoms with van der Waals surface area (Å²) >= 11 is 0. The largest absolute Gasteiger partial charge is 0.500 e. The molecule has 0 saturated carbocycles. The topological polar surface area (TPSA) is 38.9 Å². The fourth-order valence-electron chi connectivity index (χ4n) is 5.19. The second-order valence-electron chi connectivity index (χ2n) is 10.6. The zero-order chi connectivity index (χ0) is 38.1. The van der Waals surface area contributed by atoms with Gasteiger partial charge in [0.15, 0.2) is 0 Å². The van der Waals surface area contributed by atoms with Crippen molar-refractivity contribution < 1.29 is 35.5 Å². The minimum Gasteiger partial charge on any atom is -0.500 e. The van der Waals surface area contributed by atoms with Crippen molar-refractivity contribution in [1.82, 2.24) is 9.97 Å². The maximum absolute atomic E-state index is 8.76. The monoisotopic (exact) mass is 793 g/mol. The fourth-order valence-corrected chi connectivity index (χ4v) is 5.19. The summed E-state index contributed by atoms with van der Waals surface area (Å²) in [5.41, 5.74) is 6.87. The number of fused-ring (bicyclic) bond motifs is 3. The molecule has 0 aliphatic heterocycles. The number of aromatic nitrogens is 2. The van der Waals surface area contributed by atoms with E-state index in [4.69, 9.17) is 15.4 Å². The summed E-state index contributed by atoms with van der Waals surface area (Å²) < 4.78 is 69.6. The molecule has 0 aliphatic rings. The van der Waals surface area contributed by atoms with E-state index >= 15 is 0 Å². The molecule has 1 radical (unpaired) electrons. The Balaban J connectivity index is 0.000000254. The molecule has 0 bridgehead atoms. The van der Waals surface area contributed by atoms with E-state index in [0.29, 0.717) is 39.1 Å². The fraction of sp³-hybridized carbons (Fsp3) is 0.0698. The first-order valence-electron chi connectivity index (χ1n) is 18.7. The normalized spacial score (nSPS) is 14.0. The van der Waals surface area contributed by atoms with Gasteiger partial charge in [-0.1, -0.05) is 90.3 Å². The molecule has 0 saturated heterocycles. The van der Waals surface area contributed by atoms with Gasteiger partial charge in [0, 0.05) is 54.4 Å². The van der Waals surface area contributed by atoms with Crippen LogP contribution in [0.4, 0.5) is 0 Å². The van der Waals surface area contributed by atoms with Crippen molar-refractivity contribution in [2.45, 2.75) is 20.1 Å². The van der Waals surface area contributed by atoms with Gasteiger partial charge < -0.3 is 14.4 Å². The summed E-state index contributed by atoms with van der Waals surface area (Å²) in [5.74, 6) is 0. The smallest absolute Gasteiger partial charge is 0.120 e. The van der Waals surface area contributed by atoms with E-state index in [1.165, 1.54) is 6.20 Å². The molecule has 231 valence electrons. The molecule has 3 heterocycles. The van der Waals surface area contributed by atoms with Crippen molar-refractivity contribution in [2.24, 2.45) is 0 Å². The first-order chi connectivity index (χ1) is 25.8. The summed E-state index contributed by atoms with van der Waals surface area (Å²) in [6, 6.07) is 45.9. The Bertz CT molecular complexity index is 2540. The number of aryl methyl sites for hydroxylation is 2. The van der Waals surface area contributed by atoms with Crippen molar-refractivity contribution in [1.29, 1.82) is 0 Å². The molecular formula is C43H32IrN2O-2. The van der Waals surface area contributed by atoms with Gasteiger partial charge in [-0.2, -0.15) is 0 Å². The number of rotatable bonds is 5. The molecule has 5 aromatic carbocycles. The van der Waals surface area contributed by atoms with Gasteiger partial charge in [-0.05, 0) is 71.4 Å². The van der Waals surface area contributed by atoms with Crippen LogP contribution in [0.25, 0.3) is 55.6 Å². The van der Waals surface area contributed by atoms with Gasteiger partial charge in [0.25, 0.3) is 0 Å². The van der Waals surface area contributed by atoms with Crippen molar-refractivity contribution in [3.8, 4) is 33.6 Å². The van der Waals surface area contributed by atoms with Crippen LogP contribution in [0.3, 0.4) is 0 Å². The van der Waals surface area contributed by atoms with Gasteiger partial charge in [-0.3, -0.25) is 0 Å². The molecule has 3 nitrogen and oxygen atoms in total. The Labute approximate surface area is 300 Å². The minimum atomic E-state index is -2.33. The Hall–Kier alpha value is -5.15. The van der Waals surface area contributed by atoms with Gasteiger partial charge in [0.2, 0.25) is 0 Å². The van der Waals surface area contributed by atoms with Crippen LogP contribution in [0.15, 0.2) is 150 Å². The molecule has 8 aromatic rings. The minimum absolute atomic E-state index is 0. The third-order valence-electron chi connectivity index (χ3n) is 7.48. The summed E-state index contributed by atoms with van der Waals surface area (Å²) in [6.45, 7) is -4.42. The van der Waals surface area contributed by atoms with E-state index in [2.05, 4.69) is 22.1 Å². The van der Waals surface area contributed by atoms with Crippen LogP contribution < -0.4 is 0 Å². The van der Waals surface area contributed by atoms with Crippen LogP contribution in [0.5, 0.6) is 0 Å². The zero-order valence-corrected chi connectivity index (χ0v) is 27.4. The predicted molar refractivity (Wildman–Crippen MR) is 188 cm³/mol. The van der Waals surface area contributed by atoms with Crippen molar-refractivity contribution in [3.05, 3.63) is 180 Å². The average molecular weight is 793 g/mol. The van der Waals surface area contributed by atoms with Gasteiger partial charge in [0.1, 0.15) is 5.58 Å². The standard InChI is InChI=1S/C31H22NO.C12H10N.Ir/c1-21-16-29(32-20-28(21)24-10-6-3-7-11-24)25-13-15-31-27(19-25)26-18-23(12-14-30(26)33-31)17-22-8-4-2-5-9-22;1-10-7-8-12(13-9-10)11-5-3-2-4-6-11;/h2-12,14-16,18-20H,17H2,1H3;2-5,7-9H,1H3;/q2*-1;/i1D3,17D2;1D3;. The molecule has 47 heavy (non-hydrogen) atoms. The van der Waals surface area contributed by atoms with E-state index in [1.54, 1.807) is 60.8 Å². The molecule has 0 amide bonds. The van der Waals surface area contributed by atoms with Crippen LogP contribution in [0.1, 0.15) is 33.2 Å². The molecule has 8 rings (SSSR count). The maximum Gasteiger partial charge on any atom is 0.120 e. The number of hydrogen-bond acceptors (Lipinski definition) is 3. The molecule has 0 fully saturated rings. The van der Waals surface area contributed by atoms with Crippen LogP contribution in [-0.2, 0) is 26.5 Å². The van der Waals surface area contributed by atoms with Crippen LogP contribution in [0.2, 0.25) is 0 Å². The molecular weight excluding hydrogens is 753 g/mol. The second-order valence-corrected chi connectivity index (χ2v) is 10.6. The Morgan fingerprint density at radius 2 is 1.45 bits per heavy atom. The van der Waals surface area contributed by atoms with Gasteiger partial charge in [-0.25, -0.2) is 0 Å². The van der Waals surface area contributed by atoms with E-state index in [9.17, 15) is 0 Å². The first-order valence-corrected chi connectivity index (χ1v) is 14.7. The number of nitrogens with zero attached hydrogens (tertiary/aromatic N) is 2. The number of pyridine rings is 2. The molecule has 0 spiro atoms. The SMILES string of the molecule is [2H]C([2H])([2H])c1cc(-c2[c-]cc3oc4ccc(C([2H])([2H])c5ccccc5)cc4c3c2)ncc1-c1ccccc1.[2H]C([2H])([2H])c1ccc(-c2[c-]cccc2)nc1.[Ir]. The summed E-state index contributed by atoms with van der Waals surface area (Å²) in [7, 11) is 0. The van der Waals surface area contributed by atoms with Crippen LogP contribution in [-0.4, -0.2) is 9.97 Å². The Morgan fingerprint density at radius 3 is 2.19 bits per heavy atom. The summed E-state index contributed by atoms with van der Waals surface area (Å²) in [6.07, 6.45) is 1.31. The molecule has 3 aromatic heterocycles. The molecule has 0 aliphatic carbocycles. The number of furan rings is 1. The molecule has 4 heteroatoms. The quantitative estimate of drug-likeness (QED) is 0.163. The molecule has 0 N–H and O–H groups in total. The van der Waals surface area contributed by atoms with Crippen molar-refractivity contribution in [3.63, 3.8) is 0 Å². The van der Waals surface area contributed by atoms with Gasteiger partial charge >= 0.3 is 0 Å². The Kier molecular flexibility index (Phi) is 7.17. The van der Waals surface area contributed by atoms with E-state index in [1.807, 2.05) is 78.9 Å². The summed E-state index contributed by atoms with van der Waals surface area (Å²) in [4.78, 5) is 8.72. The Morgan fingerprint density at radius 1 is 0.660 bits per heavy atom. The number of hydrogen-bond donors (Lipinski definition) is 0. The predicted octanol–water partition coefficient (Wildman–Crippen LogP) is 10.9. The molecule has 0 atom stereocenters. The average Bonchev–Trinajstić information content (AvgIpc) is 3.56. The molecule has 0 unspecified atom stereocenters. The second kappa shape index (κ2) is 14.5. The third kappa shape index (κ3) is 7.31. The first kappa shape index (κ1) is 23.2. The van der Waals surface area contributed by atoms with Gasteiger partial charge in [-0.15, -0.1) is 59.7 Å². The van der Waals surface area contributed by atoms with Gasteiger partial charge in [0.05, 0.1) is 5.58 Å². The summed E-state index contributed by atoms with van der Waals surface area (Å²) in [5, 5.41) is 1.55. The van der Waals surface area contributed by atoms with Crippen LogP contribution in [0, 0.1) is 25.8 Å². The third-order valence-corrected chi connectivity index (χ3v) is 7.48. The van der Waals surface area contributed by atoms with E-state index in [0.717, 1.165) is 27.6 Å². The van der Waals surface area contributed by atoms with Crippen LogP contribution >= 0.6 is 0 Å². The van der Waals surface area contributed by atoms with E-state index in [-0.39, 0.29) is 31.2 Å². The maximum atomic E-state index is 8.76. The zero-order valence-electron chi connectivity index (χ0n) is 33.0. The van der Waals surface area contributed by atoms with E-state index < -0.39 is 20.1 Å². The van der Waals surface area contributed by atoms with Crippen molar-refractivity contribution >= 4 is 21.9 Å².